The molecule has 2 rings (SSSR count). The zero-order valence-electron chi connectivity index (χ0n) is 13.8. The van der Waals surface area contributed by atoms with Gasteiger partial charge in [0.05, 0.1) is 13.2 Å². The number of H-pyrrole nitrogens is 1. The lowest BCUT2D eigenvalue weighted by atomic mass is 9.96. The molecule has 0 atom stereocenters. The molecule has 3 N–H and O–H groups in total. The number of hydrogen-bond donors (Lipinski definition) is 3. The second-order valence-corrected chi connectivity index (χ2v) is 5.69. The number of pyridine rings is 1. The summed E-state index contributed by atoms with van der Waals surface area (Å²) in [6.07, 6.45) is 4.65. The lowest BCUT2D eigenvalue weighted by Crippen LogP contribution is -2.16. The van der Waals surface area contributed by atoms with Crippen molar-refractivity contribution in [2.24, 2.45) is 0 Å². The third-order valence-electron chi connectivity index (χ3n) is 3.92. The Labute approximate surface area is 140 Å². The third-order valence-corrected chi connectivity index (χ3v) is 3.92. The number of benzene rings is 1. The van der Waals surface area contributed by atoms with Gasteiger partial charge >= 0.3 is 5.97 Å². The predicted molar refractivity (Wildman–Crippen MR) is 91.7 cm³/mol. The van der Waals surface area contributed by atoms with Crippen molar-refractivity contribution < 1.29 is 19.7 Å². The normalized spacial score (nSPS) is 11.1. The number of aryl methyl sites for hydroxylation is 2. The molecule has 6 nitrogen and oxygen atoms in total. The summed E-state index contributed by atoms with van der Waals surface area (Å²) in [6, 6.07) is 3.74. The zero-order valence-corrected chi connectivity index (χ0v) is 13.8. The molecule has 24 heavy (non-hydrogen) atoms. The van der Waals surface area contributed by atoms with Gasteiger partial charge in [0, 0.05) is 23.7 Å². The second-order valence-electron chi connectivity index (χ2n) is 5.69. The Balaban J connectivity index is 2.35. The van der Waals surface area contributed by atoms with Gasteiger partial charge in [-0.05, 0) is 42.5 Å². The van der Waals surface area contributed by atoms with Crippen molar-refractivity contribution in [3.8, 4) is 0 Å². The first kappa shape index (κ1) is 18.2. The molecule has 0 amide bonds. The van der Waals surface area contributed by atoms with E-state index in [1.807, 2.05) is 6.07 Å². The van der Waals surface area contributed by atoms with Crippen LogP contribution in [0.25, 0.3) is 10.9 Å². The third kappa shape index (κ3) is 4.21. The number of carboxylic acid groups (broad SMARTS) is 1. The number of aromatic carboxylic acids is 1. The van der Waals surface area contributed by atoms with E-state index < -0.39 is 11.4 Å². The van der Waals surface area contributed by atoms with E-state index in [1.165, 1.54) is 6.20 Å². The summed E-state index contributed by atoms with van der Waals surface area (Å²) in [5, 5.41) is 18.2. The second kappa shape index (κ2) is 8.61. The van der Waals surface area contributed by atoms with E-state index in [0.717, 1.165) is 36.8 Å². The largest absolute Gasteiger partial charge is 0.477 e. The maximum Gasteiger partial charge on any atom is 0.341 e. The number of hydrogen-bond acceptors (Lipinski definition) is 4. The summed E-state index contributed by atoms with van der Waals surface area (Å²) in [5.41, 5.74) is 2.16. The molecule has 130 valence electrons. The van der Waals surface area contributed by atoms with Gasteiger partial charge in [-0.25, -0.2) is 4.79 Å². The Morgan fingerprint density at radius 1 is 1.21 bits per heavy atom. The highest BCUT2D eigenvalue weighted by Crippen LogP contribution is 2.20. The van der Waals surface area contributed by atoms with Crippen LogP contribution in [0.1, 0.15) is 41.3 Å². The summed E-state index contributed by atoms with van der Waals surface area (Å²) in [5.74, 6) is -1.23. The first-order valence-electron chi connectivity index (χ1n) is 8.17. The van der Waals surface area contributed by atoms with Crippen LogP contribution in [0, 0.1) is 0 Å². The molecule has 0 aliphatic heterocycles. The fraction of sp³-hybridized carbons (Fsp3) is 0.444. The van der Waals surface area contributed by atoms with Crippen molar-refractivity contribution in [1.82, 2.24) is 4.98 Å². The molecule has 0 aliphatic rings. The fourth-order valence-corrected chi connectivity index (χ4v) is 2.78. The number of aliphatic hydroxyl groups excluding tert-OH is 1. The van der Waals surface area contributed by atoms with Crippen molar-refractivity contribution in [3.63, 3.8) is 0 Å². The van der Waals surface area contributed by atoms with E-state index in [9.17, 15) is 9.59 Å². The highest BCUT2D eigenvalue weighted by Gasteiger charge is 2.13. The van der Waals surface area contributed by atoms with Gasteiger partial charge in [-0.1, -0.05) is 13.3 Å². The number of aliphatic hydroxyl groups is 1. The molecule has 0 aliphatic carbocycles. The minimum absolute atomic E-state index is 0.00437. The highest BCUT2D eigenvalue weighted by molar-refractivity contribution is 5.92. The number of carboxylic acids is 1. The van der Waals surface area contributed by atoms with Crippen molar-refractivity contribution >= 4 is 16.9 Å². The quantitative estimate of drug-likeness (QED) is 0.610. The molecule has 0 fully saturated rings. The Hall–Kier alpha value is -2.18. The molecule has 1 aromatic carbocycles. The molecule has 0 spiro atoms. The van der Waals surface area contributed by atoms with Crippen LogP contribution in [0.2, 0.25) is 0 Å². The molecule has 6 heteroatoms. The minimum Gasteiger partial charge on any atom is -0.477 e. The number of ether oxygens (including phenoxy) is 1. The molecule has 2 aromatic rings. The van der Waals surface area contributed by atoms with E-state index in [1.54, 1.807) is 6.07 Å². The van der Waals surface area contributed by atoms with Gasteiger partial charge in [0.2, 0.25) is 5.43 Å². The van der Waals surface area contributed by atoms with Crippen LogP contribution in [-0.2, 0) is 17.6 Å². The Bertz CT molecular complexity index is 766. The molecule has 0 saturated heterocycles. The summed E-state index contributed by atoms with van der Waals surface area (Å²) in [4.78, 5) is 26.4. The van der Waals surface area contributed by atoms with Gasteiger partial charge in [0.25, 0.3) is 0 Å². The molecule has 0 radical (unpaired) electrons. The average Bonchev–Trinajstić information content (AvgIpc) is 2.55. The average molecular weight is 333 g/mol. The van der Waals surface area contributed by atoms with Crippen LogP contribution in [-0.4, -0.2) is 41.0 Å². The summed E-state index contributed by atoms with van der Waals surface area (Å²) in [7, 11) is 0. The fourth-order valence-electron chi connectivity index (χ4n) is 2.78. The van der Waals surface area contributed by atoms with Crippen LogP contribution < -0.4 is 5.43 Å². The molecule has 1 heterocycles. The number of fused-ring (bicyclic) bond motifs is 1. The summed E-state index contributed by atoms with van der Waals surface area (Å²) >= 11 is 0. The predicted octanol–water partition coefficient (Wildman–Crippen LogP) is 2.12. The number of aromatic nitrogens is 1. The monoisotopic (exact) mass is 333 g/mol. The van der Waals surface area contributed by atoms with Crippen LogP contribution in [0.4, 0.5) is 0 Å². The Morgan fingerprint density at radius 3 is 2.62 bits per heavy atom. The van der Waals surface area contributed by atoms with Crippen molar-refractivity contribution in [2.75, 3.05) is 19.8 Å². The van der Waals surface area contributed by atoms with E-state index in [0.29, 0.717) is 24.1 Å². The van der Waals surface area contributed by atoms with Gasteiger partial charge in [0.15, 0.2) is 0 Å². The number of rotatable bonds is 9. The summed E-state index contributed by atoms with van der Waals surface area (Å²) < 4.78 is 5.27. The molecule has 0 bridgehead atoms. The Morgan fingerprint density at radius 2 is 1.96 bits per heavy atom. The van der Waals surface area contributed by atoms with Gasteiger partial charge in [-0.2, -0.15) is 0 Å². The van der Waals surface area contributed by atoms with E-state index >= 15 is 0 Å². The maximum atomic E-state index is 12.4. The molecule has 1 aromatic heterocycles. The van der Waals surface area contributed by atoms with Crippen molar-refractivity contribution in [3.05, 3.63) is 45.2 Å². The molecule has 0 saturated carbocycles. The maximum absolute atomic E-state index is 12.4. The number of nitrogens with one attached hydrogen (secondary N) is 1. The lowest BCUT2D eigenvalue weighted by Gasteiger charge is -2.11. The molecule has 0 unspecified atom stereocenters. The molecular formula is C18H23NO5. The van der Waals surface area contributed by atoms with E-state index in [4.69, 9.17) is 14.9 Å². The standard InChI is InChI=1S/C18H23NO5/c1-2-4-12-10-16-14(17(21)15(11-19-16)18(22)23)9-13(12)5-3-7-24-8-6-20/h9-11,20H,2-8H2,1H3,(H,19,21)(H,22,23). The van der Waals surface area contributed by atoms with Crippen molar-refractivity contribution in [2.45, 2.75) is 32.6 Å². The minimum atomic E-state index is -1.23. The van der Waals surface area contributed by atoms with Crippen LogP contribution in [0.5, 0.6) is 0 Å². The SMILES string of the molecule is CCCc1cc2[nH]cc(C(=O)O)c(=O)c2cc1CCCOCCO. The zero-order chi connectivity index (χ0) is 17.5. The first-order chi connectivity index (χ1) is 11.6. The van der Waals surface area contributed by atoms with Gasteiger partial charge < -0.3 is 19.9 Å². The number of aromatic amines is 1. The van der Waals surface area contributed by atoms with E-state index in [2.05, 4.69) is 11.9 Å². The smallest absolute Gasteiger partial charge is 0.341 e. The van der Waals surface area contributed by atoms with Crippen LogP contribution in [0.3, 0.4) is 0 Å². The molecular weight excluding hydrogens is 310 g/mol. The summed E-state index contributed by atoms with van der Waals surface area (Å²) in [6.45, 7) is 2.95. The number of carbonyl (C=O) groups is 1. The van der Waals surface area contributed by atoms with Gasteiger partial charge in [-0.15, -0.1) is 0 Å². The van der Waals surface area contributed by atoms with Crippen molar-refractivity contribution in [1.29, 1.82) is 0 Å². The van der Waals surface area contributed by atoms with Gasteiger partial charge in [-0.3, -0.25) is 4.79 Å². The van der Waals surface area contributed by atoms with E-state index in [-0.39, 0.29) is 12.2 Å². The van der Waals surface area contributed by atoms with Gasteiger partial charge in [0.1, 0.15) is 5.56 Å². The first-order valence-corrected chi connectivity index (χ1v) is 8.17. The lowest BCUT2D eigenvalue weighted by molar-refractivity contribution is 0.0695. The topological polar surface area (TPSA) is 99.6 Å². The Kier molecular flexibility index (Phi) is 6.52. The van der Waals surface area contributed by atoms with Crippen LogP contribution in [0.15, 0.2) is 23.1 Å². The van der Waals surface area contributed by atoms with Crippen LogP contribution >= 0.6 is 0 Å². The highest BCUT2D eigenvalue weighted by atomic mass is 16.5.